The molecule has 1 atom stereocenters. The monoisotopic (exact) mass is 516 g/mol. The Kier molecular flexibility index (Phi) is 8.85. The quantitative estimate of drug-likeness (QED) is 0.121. The fraction of sp³-hybridized carbons (Fsp3) is 0.179. The molecule has 1 unspecified atom stereocenters. The number of rotatable bonds is 10. The Hall–Kier alpha value is -4.21. The fourth-order valence-electron chi connectivity index (χ4n) is 3.92. The average Bonchev–Trinajstić information content (AvgIpc) is 3.35. The molecule has 0 saturated heterocycles. The Morgan fingerprint density at radius 2 is 1.57 bits per heavy atom. The van der Waals surface area contributed by atoms with E-state index >= 15 is 0 Å². The van der Waals surface area contributed by atoms with Gasteiger partial charge in [-0.25, -0.2) is 10.3 Å². The second-order valence-electron chi connectivity index (χ2n) is 8.53. The predicted molar refractivity (Wildman–Crippen MR) is 145 cm³/mol. The number of benzene rings is 3. The van der Waals surface area contributed by atoms with Crippen molar-refractivity contribution < 1.29 is 19.6 Å². The minimum absolute atomic E-state index is 0.325. The highest BCUT2D eigenvalue weighted by Gasteiger charge is 2.22. The van der Waals surface area contributed by atoms with Crippen LogP contribution < -0.4 is 21.4 Å². The summed E-state index contributed by atoms with van der Waals surface area (Å²) in [6.07, 6.45) is 1.96. The number of amides is 4. The van der Waals surface area contributed by atoms with Crippen LogP contribution in [0.25, 0.3) is 10.1 Å². The number of thiophene rings is 1. The molecule has 0 aliphatic rings. The molecule has 1 heterocycles. The summed E-state index contributed by atoms with van der Waals surface area (Å²) in [7, 11) is 0. The molecule has 0 fully saturated rings. The zero-order chi connectivity index (χ0) is 26.0. The normalized spacial score (nSPS) is 11.5. The van der Waals surface area contributed by atoms with Crippen LogP contribution in [0, 0.1) is 0 Å². The number of urea groups is 1. The molecular weight excluding hydrogens is 488 g/mol. The second-order valence-corrected chi connectivity index (χ2v) is 9.61. The first kappa shape index (κ1) is 25.9. The van der Waals surface area contributed by atoms with E-state index in [0.717, 1.165) is 28.5 Å². The Morgan fingerprint density at radius 3 is 2.27 bits per heavy atom. The van der Waals surface area contributed by atoms with Crippen molar-refractivity contribution in [2.45, 2.75) is 25.3 Å². The van der Waals surface area contributed by atoms with Gasteiger partial charge in [0.2, 0.25) is 5.91 Å². The van der Waals surface area contributed by atoms with Gasteiger partial charge in [0.15, 0.2) is 0 Å². The minimum atomic E-state index is -0.801. The van der Waals surface area contributed by atoms with E-state index in [9.17, 15) is 14.4 Å². The van der Waals surface area contributed by atoms with Gasteiger partial charge in [0.25, 0.3) is 5.91 Å². The summed E-state index contributed by atoms with van der Waals surface area (Å²) in [6, 6.07) is 25.3. The SMILES string of the molecule is O=C(NCCCc1ccccc1)NC(Cc1ccccc1)C(=O)Nc1ccc2sc(C(=O)NO)cc2c1. The summed E-state index contributed by atoms with van der Waals surface area (Å²) in [5.41, 5.74) is 4.29. The zero-order valence-electron chi connectivity index (χ0n) is 20.1. The van der Waals surface area contributed by atoms with Crippen LogP contribution in [0.5, 0.6) is 0 Å². The summed E-state index contributed by atoms with van der Waals surface area (Å²) < 4.78 is 0.838. The largest absolute Gasteiger partial charge is 0.338 e. The molecule has 0 aliphatic carbocycles. The van der Waals surface area contributed by atoms with Gasteiger partial charge in [-0.15, -0.1) is 11.3 Å². The summed E-state index contributed by atoms with van der Waals surface area (Å²) in [5.74, 6) is -0.945. The number of carbonyl (C=O) groups excluding carboxylic acids is 3. The first-order chi connectivity index (χ1) is 18.0. The van der Waals surface area contributed by atoms with Crippen LogP contribution in [0.15, 0.2) is 84.9 Å². The second kappa shape index (κ2) is 12.7. The van der Waals surface area contributed by atoms with Crippen molar-refractivity contribution in [1.82, 2.24) is 16.1 Å². The molecule has 0 aliphatic heterocycles. The highest BCUT2D eigenvalue weighted by Crippen LogP contribution is 2.28. The predicted octanol–water partition coefficient (Wildman–Crippen LogP) is 4.50. The van der Waals surface area contributed by atoms with Crippen LogP contribution in [-0.4, -0.2) is 35.6 Å². The van der Waals surface area contributed by atoms with Crippen LogP contribution in [0.4, 0.5) is 10.5 Å². The van der Waals surface area contributed by atoms with Gasteiger partial charge in [-0.3, -0.25) is 14.8 Å². The molecule has 9 heteroatoms. The molecule has 5 N–H and O–H groups in total. The molecule has 4 aromatic rings. The van der Waals surface area contributed by atoms with E-state index in [1.165, 1.54) is 16.9 Å². The summed E-state index contributed by atoms with van der Waals surface area (Å²) in [5, 5.41) is 18.2. The van der Waals surface area contributed by atoms with Crippen molar-refractivity contribution in [3.63, 3.8) is 0 Å². The van der Waals surface area contributed by atoms with Crippen LogP contribution in [0.3, 0.4) is 0 Å². The Bertz CT molecular complexity index is 1360. The van der Waals surface area contributed by atoms with E-state index in [1.807, 2.05) is 48.5 Å². The molecule has 190 valence electrons. The number of nitrogens with one attached hydrogen (secondary N) is 4. The molecular formula is C28H28N4O4S. The van der Waals surface area contributed by atoms with Crippen molar-refractivity contribution in [3.05, 3.63) is 101 Å². The van der Waals surface area contributed by atoms with E-state index in [0.29, 0.717) is 23.5 Å². The average molecular weight is 517 g/mol. The number of carbonyl (C=O) groups is 3. The number of aryl methyl sites for hydroxylation is 1. The molecule has 1 aromatic heterocycles. The van der Waals surface area contributed by atoms with Crippen molar-refractivity contribution in [2.75, 3.05) is 11.9 Å². The van der Waals surface area contributed by atoms with Gasteiger partial charge in [-0.1, -0.05) is 60.7 Å². The maximum Gasteiger partial charge on any atom is 0.315 e. The highest BCUT2D eigenvalue weighted by molar-refractivity contribution is 7.20. The highest BCUT2D eigenvalue weighted by atomic mass is 32.1. The fourth-order valence-corrected chi connectivity index (χ4v) is 4.86. The number of hydrogen-bond donors (Lipinski definition) is 5. The molecule has 0 spiro atoms. The summed E-state index contributed by atoms with van der Waals surface area (Å²) in [4.78, 5) is 37.9. The maximum absolute atomic E-state index is 13.2. The lowest BCUT2D eigenvalue weighted by Crippen LogP contribution is -2.49. The van der Waals surface area contributed by atoms with Crippen LogP contribution >= 0.6 is 11.3 Å². The maximum atomic E-state index is 13.2. The number of hydrogen-bond acceptors (Lipinski definition) is 5. The number of fused-ring (bicyclic) bond motifs is 1. The van der Waals surface area contributed by atoms with Crippen LogP contribution in [0.1, 0.15) is 27.2 Å². The molecule has 3 aromatic carbocycles. The van der Waals surface area contributed by atoms with E-state index < -0.39 is 18.0 Å². The molecule has 0 bridgehead atoms. The van der Waals surface area contributed by atoms with E-state index in [1.54, 1.807) is 29.7 Å². The van der Waals surface area contributed by atoms with Gasteiger partial charge in [0.05, 0.1) is 4.88 Å². The first-order valence-corrected chi connectivity index (χ1v) is 12.7. The molecule has 4 rings (SSSR count). The van der Waals surface area contributed by atoms with Crippen LogP contribution in [-0.2, 0) is 17.6 Å². The van der Waals surface area contributed by atoms with Crippen LogP contribution in [0.2, 0.25) is 0 Å². The molecule has 0 radical (unpaired) electrons. The topological polar surface area (TPSA) is 120 Å². The standard InChI is InChI=1S/C28H28N4O4S/c33-26(30-22-13-14-24-21(17-22)18-25(37-24)27(34)32-36)23(16-20-10-5-2-6-11-20)31-28(35)29-15-7-12-19-8-3-1-4-9-19/h1-6,8-11,13-14,17-18,23,36H,7,12,15-16H2,(H,30,33)(H,32,34)(H2,29,31,35). The van der Waals surface area contributed by atoms with Crippen molar-refractivity contribution in [2.24, 2.45) is 0 Å². The van der Waals surface area contributed by atoms with Crippen molar-refractivity contribution in [1.29, 1.82) is 0 Å². The van der Waals surface area contributed by atoms with Gasteiger partial charge >= 0.3 is 6.03 Å². The Balaban J connectivity index is 1.39. The lowest BCUT2D eigenvalue weighted by Gasteiger charge is -2.19. The third-order valence-electron chi connectivity index (χ3n) is 5.78. The summed E-state index contributed by atoms with van der Waals surface area (Å²) >= 11 is 1.23. The Labute approximate surface area is 218 Å². The lowest BCUT2D eigenvalue weighted by atomic mass is 10.1. The van der Waals surface area contributed by atoms with Gasteiger partial charge < -0.3 is 16.0 Å². The molecule has 8 nitrogen and oxygen atoms in total. The first-order valence-electron chi connectivity index (χ1n) is 11.9. The molecule has 37 heavy (non-hydrogen) atoms. The van der Waals surface area contributed by atoms with E-state index in [2.05, 4.69) is 28.1 Å². The zero-order valence-corrected chi connectivity index (χ0v) is 20.9. The van der Waals surface area contributed by atoms with Gasteiger partial charge in [-0.2, -0.15) is 0 Å². The molecule has 0 saturated carbocycles. The lowest BCUT2D eigenvalue weighted by molar-refractivity contribution is -0.117. The van der Waals surface area contributed by atoms with E-state index in [-0.39, 0.29) is 5.91 Å². The van der Waals surface area contributed by atoms with Crippen molar-refractivity contribution in [3.8, 4) is 0 Å². The number of anilines is 1. The number of hydroxylamine groups is 1. The van der Waals surface area contributed by atoms with Gasteiger partial charge in [-0.05, 0) is 53.6 Å². The minimum Gasteiger partial charge on any atom is -0.338 e. The third-order valence-corrected chi connectivity index (χ3v) is 6.90. The van der Waals surface area contributed by atoms with E-state index in [4.69, 9.17) is 5.21 Å². The summed E-state index contributed by atoms with van der Waals surface area (Å²) in [6.45, 7) is 0.485. The van der Waals surface area contributed by atoms with Gasteiger partial charge in [0, 0.05) is 23.4 Å². The van der Waals surface area contributed by atoms with Gasteiger partial charge in [0.1, 0.15) is 6.04 Å². The third kappa shape index (κ3) is 7.39. The molecule has 4 amide bonds. The van der Waals surface area contributed by atoms with Crippen molar-refractivity contribution >= 4 is 45.0 Å². The smallest absolute Gasteiger partial charge is 0.315 e. The Morgan fingerprint density at radius 1 is 0.865 bits per heavy atom.